The van der Waals surface area contributed by atoms with Gasteiger partial charge in [0.25, 0.3) is 0 Å². The van der Waals surface area contributed by atoms with Gasteiger partial charge in [0.2, 0.25) is 0 Å². The van der Waals surface area contributed by atoms with Gasteiger partial charge in [-0.15, -0.1) is 11.3 Å². The van der Waals surface area contributed by atoms with Crippen molar-refractivity contribution in [3.8, 4) is 16.3 Å². The van der Waals surface area contributed by atoms with Crippen LogP contribution in [0.3, 0.4) is 0 Å². The third-order valence-electron chi connectivity index (χ3n) is 3.43. The van der Waals surface area contributed by atoms with Crippen LogP contribution in [0.2, 0.25) is 0 Å². The fraction of sp³-hybridized carbons (Fsp3) is 0.158. The molecule has 0 N–H and O–H groups in total. The molecule has 0 fully saturated rings. The van der Waals surface area contributed by atoms with Crippen LogP contribution in [-0.2, 0) is 22.6 Å². The number of methoxy groups -OCH3 is 1. The monoisotopic (exact) mass is 339 g/mol. The van der Waals surface area contributed by atoms with Gasteiger partial charge in [0.1, 0.15) is 17.4 Å². The number of benzene rings is 2. The SMILES string of the molecule is COc1cccc(COC(=O)Cc2csc(-c3ccccc3)n2)c1. The number of nitrogens with zero attached hydrogens (tertiary/aromatic N) is 1. The summed E-state index contributed by atoms with van der Waals surface area (Å²) in [5.74, 6) is 0.457. The van der Waals surface area contributed by atoms with Crippen molar-refractivity contribution in [3.05, 3.63) is 71.2 Å². The zero-order chi connectivity index (χ0) is 16.8. The van der Waals surface area contributed by atoms with Crippen LogP contribution in [0.25, 0.3) is 10.6 Å². The van der Waals surface area contributed by atoms with Crippen molar-refractivity contribution in [1.29, 1.82) is 0 Å². The minimum Gasteiger partial charge on any atom is -0.497 e. The van der Waals surface area contributed by atoms with E-state index >= 15 is 0 Å². The number of carbonyl (C=O) groups is 1. The summed E-state index contributed by atoms with van der Waals surface area (Å²) in [6.07, 6.45) is 0.174. The number of esters is 1. The number of hydrogen-bond donors (Lipinski definition) is 0. The van der Waals surface area contributed by atoms with Crippen LogP contribution < -0.4 is 4.74 Å². The van der Waals surface area contributed by atoms with Crippen LogP contribution in [0.4, 0.5) is 0 Å². The number of aromatic nitrogens is 1. The third kappa shape index (κ3) is 4.20. The zero-order valence-electron chi connectivity index (χ0n) is 13.3. The van der Waals surface area contributed by atoms with Crippen LogP contribution in [0.15, 0.2) is 60.0 Å². The maximum atomic E-state index is 12.0. The second-order valence-electron chi connectivity index (χ2n) is 5.20. The maximum Gasteiger partial charge on any atom is 0.312 e. The molecule has 0 atom stereocenters. The van der Waals surface area contributed by atoms with E-state index in [2.05, 4.69) is 4.98 Å². The largest absolute Gasteiger partial charge is 0.497 e. The average Bonchev–Trinajstić information content (AvgIpc) is 3.09. The topological polar surface area (TPSA) is 48.4 Å². The number of rotatable bonds is 6. The Kier molecular flexibility index (Phi) is 5.23. The van der Waals surface area contributed by atoms with Gasteiger partial charge in [0.15, 0.2) is 0 Å². The van der Waals surface area contributed by atoms with Gasteiger partial charge in [-0.1, -0.05) is 42.5 Å². The minimum absolute atomic E-state index is 0.174. The molecule has 3 rings (SSSR count). The fourth-order valence-electron chi connectivity index (χ4n) is 2.23. The maximum absolute atomic E-state index is 12.0. The Labute approximate surface area is 144 Å². The summed E-state index contributed by atoms with van der Waals surface area (Å²) in [5, 5.41) is 2.81. The molecule has 0 aliphatic rings. The first-order chi connectivity index (χ1) is 11.7. The van der Waals surface area contributed by atoms with Gasteiger partial charge in [-0.2, -0.15) is 0 Å². The predicted molar refractivity (Wildman–Crippen MR) is 94.0 cm³/mol. The van der Waals surface area contributed by atoms with Gasteiger partial charge in [0, 0.05) is 10.9 Å². The molecule has 1 aromatic heterocycles. The smallest absolute Gasteiger partial charge is 0.312 e. The standard InChI is InChI=1S/C19H17NO3S/c1-22-17-9-5-6-14(10-17)12-23-18(21)11-16-13-24-19(20-16)15-7-3-2-4-8-15/h2-10,13H,11-12H2,1H3. The highest BCUT2D eigenvalue weighted by Gasteiger charge is 2.10. The summed E-state index contributed by atoms with van der Waals surface area (Å²) in [6.45, 7) is 0.228. The van der Waals surface area contributed by atoms with Gasteiger partial charge in [-0.25, -0.2) is 4.98 Å². The van der Waals surface area contributed by atoms with E-state index in [1.54, 1.807) is 7.11 Å². The fourth-order valence-corrected chi connectivity index (χ4v) is 3.05. The Bertz CT molecular complexity index is 814. The second kappa shape index (κ2) is 7.75. The van der Waals surface area contributed by atoms with Gasteiger partial charge < -0.3 is 9.47 Å². The molecular formula is C19H17NO3S. The van der Waals surface area contributed by atoms with E-state index in [1.165, 1.54) is 11.3 Å². The summed E-state index contributed by atoms with van der Waals surface area (Å²) in [5.41, 5.74) is 2.68. The predicted octanol–water partition coefficient (Wildman–Crippen LogP) is 4.10. The Balaban J connectivity index is 1.56. The van der Waals surface area contributed by atoms with E-state index in [9.17, 15) is 4.79 Å². The highest BCUT2D eigenvalue weighted by Crippen LogP contribution is 2.23. The molecule has 4 nitrogen and oxygen atoms in total. The molecule has 0 radical (unpaired) electrons. The molecule has 2 aromatic carbocycles. The molecule has 0 saturated carbocycles. The number of carbonyl (C=O) groups excluding carboxylic acids is 1. The van der Waals surface area contributed by atoms with E-state index in [1.807, 2.05) is 60.0 Å². The first-order valence-corrected chi connectivity index (χ1v) is 8.41. The lowest BCUT2D eigenvalue weighted by molar-refractivity contribution is -0.144. The molecule has 0 unspecified atom stereocenters. The zero-order valence-corrected chi connectivity index (χ0v) is 14.1. The molecule has 24 heavy (non-hydrogen) atoms. The van der Waals surface area contributed by atoms with Crippen LogP contribution in [-0.4, -0.2) is 18.1 Å². The van der Waals surface area contributed by atoms with Gasteiger partial charge >= 0.3 is 5.97 Å². The number of thiazole rings is 1. The normalized spacial score (nSPS) is 10.4. The lowest BCUT2D eigenvalue weighted by Gasteiger charge is -2.05. The first-order valence-electron chi connectivity index (χ1n) is 7.53. The Hall–Kier alpha value is -2.66. The van der Waals surface area contributed by atoms with Crippen LogP contribution in [0.1, 0.15) is 11.3 Å². The van der Waals surface area contributed by atoms with Crippen molar-refractivity contribution < 1.29 is 14.3 Å². The molecule has 122 valence electrons. The number of hydrogen-bond acceptors (Lipinski definition) is 5. The molecular weight excluding hydrogens is 322 g/mol. The van der Waals surface area contributed by atoms with Gasteiger partial charge in [0.05, 0.1) is 19.2 Å². The van der Waals surface area contributed by atoms with E-state index in [4.69, 9.17) is 9.47 Å². The highest BCUT2D eigenvalue weighted by atomic mass is 32.1. The molecule has 0 saturated heterocycles. The molecule has 0 aliphatic heterocycles. The summed E-state index contributed by atoms with van der Waals surface area (Å²) in [6, 6.07) is 17.4. The summed E-state index contributed by atoms with van der Waals surface area (Å²) in [7, 11) is 1.61. The summed E-state index contributed by atoms with van der Waals surface area (Å²) >= 11 is 1.53. The Morgan fingerprint density at radius 3 is 2.75 bits per heavy atom. The molecule has 0 amide bonds. The average molecular weight is 339 g/mol. The molecule has 0 aliphatic carbocycles. The second-order valence-corrected chi connectivity index (χ2v) is 6.06. The summed E-state index contributed by atoms with van der Waals surface area (Å²) in [4.78, 5) is 16.5. The Morgan fingerprint density at radius 1 is 1.12 bits per heavy atom. The van der Waals surface area contributed by atoms with Crippen LogP contribution >= 0.6 is 11.3 Å². The van der Waals surface area contributed by atoms with Gasteiger partial charge in [-0.05, 0) is 17.7 Å². The highest BCUT2D eigenvalue weighted by molar-refractivity contribution is 7.13. The van der Waals surface area contributed by atoms with E-state index in [0.717, 1.165) is 27.6 Å². The molecule has 5 heteroatoms. The quantitative estimate of drug-likeness (QED) is 0.634. The van der Waals surface area contributed by atoms with Crippen molar-refractivity contribution in [3.63, 3.8) is 0 Å². The van der Waals surface area contributed by atoms with Crippen LogP contribution in [0.5, 0.6) is 5.75 Å². The van der Waals surface area contributed by atoms with Crippen molar-refractivity contribution in [2.75, 3.05) is 7.11 Å². The van der Waals surface area contributed by atoms with E-state index < -0.39 is 0 Å². The lowest BCUT2D eigenvalue weighted by atomic mass is 10.2. The first kappa shape index (κ1) is 16.2. The lowest BCUT2D eigenvalue weighted by Crippen LogP contribution is -2.08. The minimum atomic E-state index is -0.289. The van der Waals surface area contributed by atoms with E-state index in [0.29, 0.717) is 0 Å². The molecule has 0 bridgehead atoms. The summed E-state index contributed by atoms with van der Waals surface area (Å²) < 4.78 is 10.5. The Morgan fingerprint density at radius 2 is 1.96 bits per heavy atom. The molecule has 0 spiro atoms. The third-order valence-corrected chi connectivity index (χ3v) is 4.37. The molecule has 1 heterocycles. The van der Waals surface area contributed by atoms with Crippen molar-refractivity contribution >= 4 is 17.3 Å². The van der Waals surface area contributed by atoms with Crippen molar-refractivity contribution in [2.45, 2.75) is 13.0 Å². The van der Waals surface area contributed by atoms with Crippen molar-refractivity contribution in [2.24, 2.45) is 0 Å². The van der Waals surface area contributed by atoms with E-state index in [-0.39, 0.29) is 19.0 Å². The number of ether oxygens (including phenoxy) is 2. The molecule has 3 aromatic rings. The van der Waals surface area contributed by atoms with Crippen molar-refractivity contribution in [1.82, 2.24) is 4.98 Å². The van der Waals surface area contributed by atoms with Gasteiger partial charge in [-0.3, -0.25) is 4.79 Å². The van der Waals surface area contributed by atoms with Crippen LogP contribution in [0, 0.1) is 0 Å².